The van der Waals surface area contributed by atoms with Gasteiger partial charge in [-0.25, -0.2) is 9.78 Å². The minimum absolute atomic E-state index is 0.132. The molecule has 0 aliphatic heterocycles. The average Bonchev–Trinajstić information content (AvgIpc) is 3.06. The molecule has 1 amide bonds. The molecule has 3 rings (SSSR count). The second-order valence-electron chi connectivity index (χ2n) is 6.60. The van der Waals surface area contributed by atoms with Gasteiger partial charge in [-0.3, -0.25) is 4.79 Å². The molecule has 0 spiro atoms. The number of aryl methyl sites for hydroxylation is 3. The maximum absolute atomic E-state index is 12.5. The van der Waals surface area contributed by atoms with Gasteiger partial charge in [0.05, 0.1) is 27.0 Å². The first kappa shape index (κ1) is 22.6. The van der Waals surface area contributed by atoms with Crippen LogP contribution in [0.15, 0.2) is 34.9 Å². The molecule has 0 radical (unpaired) electrons. The van der Waals surface area contributed by atoms with Crippen molar-refractivity contribution in [3.63, 3.8) is 0 Å². The maximum Gasteiger partial charge on any atom is 0.342 e. The summed E-state index contributed by atoms with van der Waals surface area (Å²) in [4.78, 5) is 28.8. The zero-order chi connectivity index (χ0) is 22.5. The van der Waals surface area contributed by atoms with E-state index in [0.29, 0.717) is 27.9 Å². The number of hydrogen-bond donors (Lipinski definition) is 1. The molecule has 0 atom stereocenters. The van der Waals surface area contributed by atoms with E-state index < -0.39 is 18.5 Å². The van der Waals surface area contributed by atoms with Crippen LogP contribution in [0.5, 0.6) is 5.75 Å². The number of aromatic nitrogens is 2. The number of nitrogens with zero attached hydrogens (tertiary/aromatic N) is 2. The first-order valence-corrected chi connectivity index (χ1v) is 9.95. The number of hydrogen-bond acceptors (Lipinski definition) is 7. The van der Waals surface area contributed by atoms with Crippen molar-refractivity contribution in [2.45, 2.75) is 27.4 Å². The average molecular weight is 464 g/mol. The number of amides is 1. The van der Waals surface area contributed by atoms with E-state index in [1.54, 1.807) is 45.0 Å². The van der Waals surface area contributed by atoms with E-state index in [-0.39, 0.29) is 23.0 Å². The first-order chi connectivity index (χ1) is 14.8. The largest absolute Gasteiger partial charge is 0.488 e. The Kier molecular flexibility index (Phi) is 7.14. The third-order valence-electron chi connectivity index (χ3n) is 4.36. The van der Waals surface area contributed by atoms with Crippen LogP contribution in [-0.2, 0) is 16.1 Å². The molecule has 162 valence electrons. The van der Waals surface area contributed by atoms with Gasteiger partial charge in [-0.15, -0.1) is 0 Å². The van der Waals surface area contributed by atoms with Crippen LogP contribution >= 0.6 is 23.2 Å². The Bertz CT molecular complexity index is 1110. The van der Waals surface area contributed by atoms with Crippen LogP contribution in [0, 0.1) is 20.8 Å². The molecule has 8 nitrogen and oxygen atoms in total. The third kappa shape index (κ3) is 5.53. The van der Waals surface area contributed by atoms with E-state index in [1.807, 2.05) is 0 Å². The molecule has 2 heterocycles. The third-order valence-corrected chi connectivity index (χ3v) is 5.03. The Morgan fingerprint density at radius 1 is 1.10 bits per heavy atom. The second-order valence-corrected chi connectivity index (χ2v) is 7.41. The molecule has 0 aliphatic rings. The number of carbonyl (C=O) groups excluding carboxylic acids is 2. The summed E-state index contributed by atoms with van der Waals surface area (Å²) in [6.45, 7) is 4.90. The molecule has 0 saturated carbocycles. The summed E-state index contributed by atoms with van der Waals surface area (Å²) in [6.07, 6.45) is 0. The summed E-state index contributed by atoms with van der Waals surface area (Å²) in [5.74, 6) is -0.230. The smallest absolute Gasteiger partial charge is 0.342 e. The minimum atomic E-state index is -0.712. The van der Waals surface area contributed by atoms with Gasteiger partial charge < -0.3 is 19.3 Å². The zero-order valence-electron chi connectivity index (χ0n) is 17.0. The molecule has 0 unspecified atom stereocenters. The number of rotatable bonds is 7. The quantitative estimate of drug-likeness (QED) is 0.507. The lowest BCUT2D eigenvalue weighted by atomic mass is 10.2. The normalized spacial score (nSPS) is 10.6. The zero-order valence-corrected chi connectivity index (χ0v) is 18.5. The fourth-order valence-electron chi connectivity index (χ4n) is 2.64. The van der Waals surface area contributed by atoms with Crippen LogP contribution in [0.1, 0.15) is 33.1 Å². The summed E-state index contributed by atoms with van der Waals surface area (Å²) in [7, 11) is 0. The number of esters is 1. The van der Waals surface area contributed by atoms with Gasteiger partial charge in [0, 0.05) is 0 Å². The van der Waals surface area contributed by atoms with E-state index in [1.165, 1.54) is 6.07 Å². The summed E-state index contributed by atoms with van der Waals surface area (Å²) in [6, 6.07) is 8.04. The van der Waals surface area contributed by atoms with Gasteiger partial charge in [-0.1, -0.05) is 40.5 Å². The van der Waals surface area contributed by atoms with Crippen molar-refractivity contribution in [1.82, 2.24) is 10.1 Å². The highest BCUT2D eigenvalue weighted by Crippen LogP contribution is 2.26. The highest BCUT2D eigenvalue weighted by Gasteiger charge is 2.18. The van der Waals surface area contributed by atoms with Crippen LogP contribution in [-0.4, -0.2) is 28.6 Å². The van der Waals surface area contributed by atoms with Crippen molar-refractivity contribution in [3.8, 4) is 5.75 Å². The highest BCUT2D eigenvalue weighted by molar-refractivity contribution is 6.36. The van der Waals surface area contributed by atoms with Crippen LogP contribution in [0.3, 0.4) is 0 Å². The molecule has 1 aromatic carbocycles. The van der Waals surface area contributed by atoms with E-state index in [9.17, 15) is 9.59 Å². The molecule has 2 aromatic heterocycles. The van der Waals surface area contributed by atoms with Gasteiger partial charge in [0.15, 0.2) is 12.4 Å². The molecular weight excluding hydrogens is 445 g/mol. The van der Waals surface area contributed by atoms with Crippen molar-refractivity contribution in [2.75, 3.05) is 11.9 Å². The summed E-state index contributed by atoms with van der Waals surface area (Å²) < 4.78 is 16.0. The van der Waals surface area contributed by atoms with Gasteiger partial charge in [-0.2, -0.15) is 0 Å². The minimum Gasteiger partial charge on any atom is -0.488 e. The highest BCUT2D eigenvalue weighted by atomic mass is 35.5. The van der Waals surface area contributed by atoms with Crippen LogP contribution in [0.2, 0.25) is 10.0 Å². The van der Waals surface area contributed by atoms with Crippen LogP contribution < -0.4 is 10.1 Å². The Morgan fingerprint density at radius 2 is 1.84 bits per heavy atom. The summed E-state index contributed by atoms with van der Waals surface area (Å²) in [5.41, 5.74) is 2.19. The van der Waals surface area contributed by atoms with Crippen molar-refractivity contribution < 1.29 is 23.6 Å². The van der Waals surface area contributed by atoms with E-state index in [4.69, 9.17) is 37.2 Å². The maximum atomic E-state index is 12.5. The Balaban J connectivity index is 1.62. The molecule has 1 N–H and O–H groups in total. The van der Waals surface area contributed by atoms with Crippen molar-refractivity contribution in [2.24, 2.45) is 0 Å². The van der Waals surface area contributed by atoms with Crippen molar-refractivity contribution >= 4 is 40.9 Å². The number of ether oxygens (including phenoxy) is 2. The lowest BCUT2D eigenvalue weighted by Crippen LogP contribution is -2.22. The number of pyridine rings is 1. The number of benzene rings is 1. The molecule has 10 heteroatoms. The monoisotopic (exact) mass is 463 g/mol. The van der Waals surface area contributed by atoms with E-state index >= 15 is 0 Å². The van der Waals surface area contributed by atoms with E-state index in [0.717, 1.165) is 5.56 Å². The Morgan fingerprint density at radius 3 is 2.55 bits per heavy atom. The van der Waals surface area contributed by atoms with Gasteiger partial charge in [0.25, 0.3) is 5.91 Å². The van der Waals surface area contributed by atoms with Crippen LogP contribution in [0.4, 0.5) is 5.82 Å². The summed E-state index contributed by atoms with van der Waals surface area (Å²) >= 11 is 12.0. The van der Waals surface area contributed by atoms with Gasteiger partial charge in [-0.05, 0) is 39.0 Å². The molecule has 0 fully saturated rings. The topological polar surface area (TPSA) is 104 Å². The number of anilines is 1. The predicted molar refractivity (Wildman–Crippen MR) is 115 cm³/mol. The number of carbonyl (C=O) groups is 2. The first-order valence-electron chi connectivity index (χ1n) is 9.19. The molecule has 0 saturated heterocycles. The standard InChI is InChI=1S/C21H19Cl2N3O5/c1-11-15(13(3)31-26-11)9-29-18-7-5-4-6-14(18)21(28)30-10-19(27)25-20-17(23)8-16(22)12(2)24-20/h4-8H,9-10H2,1-3H3,(H,24,25,27). The van der Waals surface area contributed by atoms with Gasteiger partial charge >= 0.3 is 5.97 Å². The number of para-hydroxylation sites is 1. The molecule has 0 bridgehead atoms. The lowest BCUT2D eigenvalue weighted by Gasteiger charge is -2.12. The molecule has 3 aromatic rings. The van der Waals surface area contributed by atoms with Crippen LogP contribution in [0.25, 0.3) is 0 Å². The summed E-state index contributed by atoms with van der Waals surface area (Å²) in [5, 5.41) is 6.91. The second kappa shape index (κ2) is 9.80. The van der Waals surface area contributed by atoms with Gasteiger partial charge in [0.1, 0.15) is 23.7 Å². The number of halogens is 2. The van der Waals surface area contributed by atoms with Crippen molar-refractivity contribution in [3.05, 3.63) is 68.7 Å². The number of nitrogens with one attached hydrogen (secondary N) is 1. The predicted octanol–water partition coefficient (Wildman–Crippen LogP) is 4.68. The van der Waals surface area contributed by atoms with Gasteiger partial charge in [0.2, 0.25) is 0 Å². The Hall–Kier alpha value is -3.10. The van der Waals surface area contributed by atoms with Crippen molar-refractivity contribution in [1.29, 1.82) is 0 Å². The molecular formula is C21H19Cl2N3O5. The lowest BCUT2D eigenvalue weighted by molar-refractivity contribution is -0.119. The molecule has 0 aliphatic carbocycles. The Labute approximate surface area is 188 Å². The fourth-order valence-corrected chi connectivity index (χ4v) is 3.05. The fraction of sp³-hybridized carbons (Fsp3) is 0.238. The van der Waals surface area contributed by atoms with E-state index in [2.05, 4.69) is 15.5 Å². The molecule has 31 heavy (non-hydrogen) atoms. The SMILES string of the molecule is Cc1nc(NC(=O)COC(=O)c2ccccc2OCc2c(C)noc2C)c(Cl)cc1Cl.